The average Bonchev–Trinajstić information content (AvgIpc) is 1.35. The van der Waals surface area contributed by atoms with Crippen LogP contribution in [0.15, 0.2) is 11.2 Å². The Hall–Kier alpha value is -0.210. The maximum absolute atomic E-state index is 5.30. The van der Waals surface area contributed by atoms with Crippen LogP contribution >= 0.6 is 11.6 Å². The zero-order valence-electron chi connectivity index (χ0n) is 3.53. The minimum atomic E-state index is 0.650. The quantitative estimate of drug-likeness (QED) is 0.379. The Labute approximate surface area is 41.9 Å². The van der Waals surface area contributed by atoms with E-state index >= 15 is 0 Å². The van der Waals surface area contributed by atoms with Crippen molar-refractivity contribution in [2.75, 3.05) is 0 Å². The van der Waals surface area contributed by atoms with Gasteiger partial charge in [0, 0.05) is 11.2 Å². The molecule has 6 heavy (non-hydrogen) atoms. The van der Waals surface area contributed by atoms with Gasteiger partial charge < -0.3 is 5.43 Å². The van der Waals surface area contributed by atoms with E-state index in [0.717, 1.165) is 0 Å². The zero-order chi connectivity index (χ0) is 4.99. The normalized spacial score (nSPS) is 11.5. The summed E-state index contributed by atoms with van der Waals surface area (Å²) in [6, 6.07) is 0. The fourth-order valence-electron chi connectivity index (χ4n) is 0.115. The molecule has 0 heterocycles. The van der Waals surface area contributed by atoms with E-state index in [1.807, 2.05) is 0 Å². The van der Waals surface area contributed by atoms with Crippen molar-refractivity contribution in [2.45, 2.75) is 6.92 Å². The second-order valence-electron chi connectivity index (χ2n) is 0.898. The predicted molar refractivity (Wildman–Crippen MR) is 26.9 cm³/mol. The second kappa shape index (κ2) is 3.00. The third kappa shape index (κ3) is 3.79. The Morgan fingerprint density at radius 2 is 2.50 bits per heavy atom. The fourth-order valence-corrected chi connectivity index (χ4v) is 0.178. The monoisotopic (exact) mass is 106 g/mol. The summed E-state index contributed by atoms with van der Waals surface area (Å²) in [5.41, 5.74) is 2.27. The summed E-state index contributed by atoms with van der Waals surface area (Å²) >= 11 is 5.30. The van der Waals surface area contributed by atoms with E-state index < -0.39 is 0 Å². The van der Waals surface area contributed by atoms with Crippen molar-refractivity contribution in [1.29, 1.82) is 0 Å². The smallest absolute Gasteiger partial charge is 0.0320 e. The van der Waals surface area contributed by atoms with Crippen LogP contribution in [0, 0.1) is 0 Å². The molecule has 0 unspecified atom stereocenters. The lowest BCUT2D eigenvalue weighted by Gasteiger charge is -1.82. The average molecular weight is 107 g/mol. The number of hydrogen-bond donors (Lipinski definition) is 2. The number of allylic oxidation sites excluding steroid dienone is 1. The first-order valence-electron chi connectivity index (χ1n) is 1.56. The van der Waals surface area contributed by atoms with Crippen LogP contribution in [0.3, 0.4) is 0 Å². The first kappa shape index (κ1) is 5.79. The highest BCUT2D eigenvalue weighted by molar-refractivity contribution is 6.29. The van der Waals surface area contributed by atoms with Gasteiger partial charge in [0.25, 0.3) is 0 Å². The lowest BCUT2D eigenvalue weighted by molar-refractivity contribution is 0.962. The van der Waals surface area contributed by atoms with Crippen molar-refractivity contribution in [1.82, 2.24) is 5.43 Å². The minimum absolute atomic E-state index is 0.650. The van der Waals surface area contributed by atoms with Gasteiger partial charge in [-0.25, -0.2) is 0 Å². The third-order valence-electron chi connectivity index (χ3n) is 0.282. The summed E-state index contributed by atoms with van der Waals surface area (Å²) in [5, 5.41) is 0.650. The molecule has 0 saturated carbocycles. The molecule has 36 valence electrons. The van der Waals surface area contributed by atoms with E-state index in [0.29, 0.717) is 5.03 Å². The molecule has 3 N–H and O–H groups in total. The molecule has 0 fully saturated rings. The molecule has 0 aromatic heterocycles. The molecule has 0 aromatic carbocycles. The Morgan fingerprint density at radius 1 is 2.00 bits per heavy atom. The molecule has 0 aliphatic rings. The number of hydrogen-bond acceptors (Lipinski definition) is 2. The molecule has 0 atom stereocenters. The van der Waals surface area contributed by atoms with Gasteiger partial charge in [-0.1, -0.05) is 11.6 Å². The number of hydrazine groups is 1. The fraction of sp³-hybridized carbons (Fsp3) is 0.333. The summed E-state index contributed by atoms with van der Waals surface area (Å²) < 4.78 is 0. The van der Waals surface area contributed by atoms with Crippen molar-refractivity contribution >= 4 is 11.6 Å². The van der Waals surface area contributed by atoms with E-state index in [9.17, 15) is 0 Å². The summed E-state index contributed by atoms with van der Waals surface area (Å²) in [4.78, 5) is 0. The largest absolute Gasteiger partial charge is 0.330 e. The first-order valence-corrected chi connectivity index (χ1v) is 1.93. The van der Waals surface area contributed by atoms with Gasteiger partial charge in [0.05, 0.1) is 0 Å². The molecule has 0 rings (SSSR count). The molecule has 0 bridgehead atoms. The van der Waals surface area contributed by atoms with Gasteiger partial charge in [0.15, 0.2) is 0 Å². The molecule has 0 aliphatic carbocycles. The van der Waals surface area contributed by atoms with Crippen LogP contribution < -0.4 is 11.3 Å². The topological polar surface area (TPSA) is 38.0 Å². The number of nitrogens with one attached hydrogen (secondary N) is 1. The molecule has 3 heteroatoms. The standard InChI is InChI=1S/C3H7ClN2/c1-3(4)2-6-5/h2,6H,5H2,1H3/b3-2+. The van der Waals surface area contributed by atoms with Crippen molar-refractivity contribution < 1.29 is 0 Å². The zero-order valence-corrected chi connectivity index (χ0v) is 4.29. The Bertz CT molecular complexity index is 55.8. The van der Waals surface area contributed by atoms with E-state index in [2.05, 4.69) is 5.43 Å². The van der Waals surface area contributed by atoms with Gasteiger partial charge in [0.2, 0.25) is 0 Å². The van der Waals surface area contributed by atoms with Crippen LogP contribution in [-0.2, 0) is 0 Å². The molecule has 0 radical (unpaired) electrons. The van der Waals surface area contributed by atoms with Crippen LogP contribution in [0.2, 0.25) is 0 Å². The van der Waals surface area contributed by atoms with Crippen LogP contribution in [-0.4, -0.2) is 0 Å². The predicted octanol–water partition coefficient (Wildman–Crippen LogP) is 0.550. The highest BCUT2D eigenvalue weighted by Gasteiger charge is 1.69. The Kier molecular flexibility index (Phi) is 2.89. The van der Waals surface area contributed by atoms with Crippen LogP contribution in [0.5, 0.6) is 0 Å². The van der Waals surface area contributed by atoms with E-state index in [1.54, 1.807) is 6.92 Å². The maximum Gasteiger partial charge on any atom is 0.0320 e. The van der Waals surface area contributed by atoms with Crippen LogP contribution in [0.4, 0.5) is 0 Å². The van der Waals surface area contributed by atoms with Gasteiger partial charge in [-0.3, -0.25) is 5.84 Å². The number of rotatable bonds is 1. The summed E-state index contributed by atoms with van der Waals surface area (Å²) in [7, 11) is 0. The molecule has 0 saturated heterocycles. The van der Waals surface area contributed by atoms with E-state index in [-0.39, 0.29) is 0 Å². The molecule has 0 spiro atoms. The number of halogens is 1. The van der Waals surface area contributed by atoms with Gasteiger partial charge in [-0.2, -0.15) is 0 Å². The molecular weight excluding hydrogens is 99.5 g/mol. The van der Waals surface area contributed by atoms with Gasteiger partial charge in [0.1, 0.15) is 0 Å². The molecule has 0 amide bonds. The number of nitrogens with two attached hydrogens (primary N) is 1. The molecule has 0 aromatic rings. The van der Waals surface area contributed by atoms with Gasteiger partial charge in [-0.05, 0) is 6.92 Å². The van der Waals surface area contributed by atoms with Crippen molar-refractivity contribution in [3.8, 4) is 0 Å². The van der Waals surface area contributed by atoms with E-state index in [1.165, 1.54) is 6.20 Å². The van der Waals surface area contributed by atoms with Gasteiger partial charge in [-0.15, -0.1) is 0 Å². The first-order chi connectivity index (χ1) is 2.77. The molecule has 2 nitrogen and oxygen atoms in total. The van der Waals surface area contributed by atoms with Crippen LogP contribution in [0.1, 0.15) is 6.92 Å². The third-order valence-corrected chi connectivity index (χ3v) is 0.391. The summed E-state index contributed by atoms with van der Waals surface area (Å²) in [6.45, 7) is 1.74. The van der Waals surface area contributed by atoms with E-state index in [4.69, 9.17) is 17.4 Å². The van der Waals surface area contributed by atoms with Crippen LogP contribution in [0.25, 0.3) is 0 Å². The maximum atomic E-state index is 5.30. The lowest BCUT2D eigenvalue weighted by Crippen LogP contribution is -2.13. The lowest BCUT2D eigenvalue weighted by atomic mass is 10.7. The highest BCUT2D eigenvalue weighted by Crippen LogP contribution is 1.92. The SMILES string of the molecule is C/C(Cl)=C\NN. The highest BCUT2D eigenvalue weighted by atomic mass is 35.5. The Balaban J connectivity index is 3.14. The molecule has 0 aliphatic heterocycles. The Morgan fingerprint density at radius 3 is 2.50 bits per heavy atom. The minimum Gasteiger partial charge on any atom is -0.330 e. The second-order valence-corrected chi connectivity index (χ2v) is 1.49. The summed E-state index contributed by atoms with van der Waals surface area (Å²) in [6.07, 6.45) is 1.50. The van der Waals surface area contributed by atoms with Crippen molar-refractivity contribution in [3.63, 3.8) is 0 Å². The van der Waals surface area contributed by atoms with Gasteiger partial charge >= 0.3 is 0 Å². The van der Waals surface area contributed by atoms with Crippen molar-refractivity contribution in [2.24, 2.45) is 5.84 Å². The molecular formula is C3H7ClN2. The summed E-state index contributed by atoms with van der Waals surface area (Å²) in [5.74, 6) is 4.82. The van der Waals surface area contributed by atoms with Crippen molar-refractivity contribution in [3.05, 3.63) is 11.2 Å².